The van der Waals surface area contributed by atoms with E-state index in [1.165, 1.54) is 0 Å². The molecule has 1 fully saturated rings. The van der Waals surface area contributed by atoms with Crippen LogP contribution in [0.25, 0.3) is 0 Å². The molecule has 2 heterocycles. The average molecular weight is 562 g/mol. The second kappa shape index (κ2) is 11.2. The standard InChI is InChI=1S/C20H28BrN5O.HI/c1-24(2)19(27)14-23-20(22-13-16-5-7-17(21)8-6-16)26-12-9-18(15-26)25-10-3-4-11-25;/h3-8,18H,9-15H2,1-2H3,(H,22,23);1H. The Bertz CT molecular complexity index is 699. The van der Waals surface area contributed by atoms with Crippen molar-refractivity contribution in [1.29, 1.82) is 0 Å². The third-order valence-corrected chi connectivity index (χ3v) is 5.58. The summed E-state index contributed by atoms with van der Waals surface area (Å²) >= 11 is 3.46. The first-order valence-electron chi connectivity index (χ1n) is 9.40. The van der Waals surface area contributed by atoms with Gasteiger partial charge in [-0.05, 0) is 24.1 Å². The average Bonchev–Trinajstić information content (AvgIpc) is 3.34. The number of amides is 1. The van der Waals surface area contributed by atoms with E-state index in [4.69, 9.17) is 4.99 Å². The molecule has 1 aromatic rings. The van der Waals surface area contributed by atoms with E-state index in [1.807, 2.05) is 12.1 Å². The van der Waals surface area contributed by atoms with Crippen LogP contribution in [0.15, 0.2) is 45.9 Å². The number of likely N-dealkylation sites (tertiary alicyclic amines) is 1. The zero-order valence-corrected chi connectivity index (χ0v) is 20.4. The third kappa shape index (κ3) is 6.45. The lowest BCUT2D eigenvalue weighted by molar-refractivity contribution is -0.127. The lowest BCUT2D eigenvalue weighted by atomic mass is 10.2. The van der Waals surface area contributed by atoms with Gasteiger partial charge in [0.05, 0.1) is 13.1 Å². The van der Waals surface area contributed by atoms with Gasteiger partial charge in [0.2, 0.25) is 5.91 Å². The molecule has 0 bridgehead atoms. The molecule has 0 aromatic heterocycles. The molecular formula is C20H29BrIN5O. The Kier molecular flexibility index (Phi) is 9.23. The van der Waals surface area contributed by atoms with Crippen LogP contribution in [0.5, 0.6) is 0 Å². The molecule has 6 nitrogen and oxygen atoms in total. The van der Waals surface area contributed by atoms with Crippen molar-refractivity contribution in [3.8, 4) is 0 Å². The zero-order chi connectivity index (χ0) is 19.2. The Hall–Kier alpha value is -1.13. The highest BCUT2D eigenvalue weighted by molar-refractivity contribution is 14.0. The maximum atomic E-state index is 12.0. The minimum Gasteiger partial charge on any atom is -0.347 e. The summed E-state index contributed by atoms with van der Waals surface area (Å²) in [6, 6.07) is 8.74. The van der Waals surface area contributed by atoms with E-state index in [-0.39, 0.29) is 36.4 Å². The number of hydrogen-bond acceptors (Lipinski definition) is 3. The quantitative estimate of drug-likeness (QED) is 0.260. The van der Waals surface area contributed by atoms with Crippen LogP contribution in [0, 0.1) is 0 Å². The molecule has 1 aromatic carbocycles. The van der Waals surface area contributed by atoms with Gasteiger partial charge in [0.1, 0.15) is 0 Å². The van der Waals surface area contributed by atoms with E-state index >= 15 is 0 Å². The topological polar surface area (TPSA) is 51.2 Å². The Morgan fingerprint density at radius 3 is 2.57 bits per heavy atom. The summed E-state index contributed by atoms with van der Waals surface area (Å²) in [6.07, 6.45) is 5.60. The minimum atomic E-state index is 0. The van der Waals surface area contributed by atoms with Crippen LogP contribution >= 0.6 is 39.9 Å². The molecule has 3 rings (SSSR count). The number of hydrogen-bond donors (Lipinski definition) is 1. The highest BCUT2D eigenvalue weighted by atomic mass is 127. The maximum Gasteiger partial charge on any atom is 0.241 e. The van der Waals surface area contributed by atoms with Gasteiger partial charge in [-0.2, -0.15) is 0 Å². The van der Waals surface area contributed by atoms with Gasteiger partial charge in [-0.25, -0.2) is 4.99 Å². The van der Waals surface area contributed by atoms with Crippen LogP contribution in [-0.2, 0) is 11.3 Å². The van der Waals surface area contributed by atoms with Crippen molar-refractivity contribution in [3.05, 3.63) is 46.5 Å². The van der Waals surface area contributed by atoms with Crippen molar-refractivity contribution in [2.75, 3.05) is 46.8 Å². The molecule has 1 saturated heterocycles. The van der Waals surface area contributed by atoms with E-state index in [1.54, 1.807) is 19.0 Å². The molecule has 1 amide bonds. The van der Waals surface area contributed by atoms with E-state index in [9.17, 15) is 4.79 Å². The van der Waals surface area contributed by atoms with Crippen molar-refractivity contribution >= 4 is 51.8 Å². The molecular weight excluding hydrogens is 533 g/mol. The first-order valence-corrected chi connectivity index (χ1v) is 10.2. The van der Waals surface area contributed by atoms with Crippen LogP contribution in [0.1, 0.15) is 12.0 Å². The van der Waals surface area contributed by atoms with Crippen LogP contribution in [0.3, 0.4) is 0 Å². The van der Waals surface area contributed by atoms with Crippen molar-refractivity contribution < 1.29 is 4.79 Å². The first kappa shape index (κ1) is 23.2. The smallest absolute Gasteiger partial charge is 0.241 e. The van der Waals surface area contributed by atoms with Crippen molar-refractivity contribution in [1.82, 2.24) is 20.0 Å². The van der Waals surface area contributed by atoms with Gasteiger partial charge in [-0.3, -0.25) is 9.69 Å². The predicted molar refractivity (Wildman–Crippen MR) is 128 cm³/mol. The Morgan fingerprint density at radius 2 is 1.93 bits per heavy atom. The summed E-state index contributed by atoms with van der Waals surface area (Å²) in [6.45, 7) is 4.84. The van der Waals surface area contributed by atoms with Gasteiger partial charge in [-0.1, -0.05) is 40.2 Å². The molecule has 1 N–H and O–H groups in total. The molecule has 28 heavy (non-hydrogen) atoms. The fourth-order valence-corrected chi connectivity index (χ4v) is 3.63. The number of nitrogens with one attached hydrogen (secondary N) is 1. The molecule has 2 aliphatic rings. The predicted octanol–water partition coefficient (Wildman–Crippen LogP) is 2.55. The van der Waals surface area contributed by atoms with Gasteiger partial charge < -0.3 is 15.1 Å². The molecule has 0 aliphatic carbocycles. The van der Waals surface area contributed by atoms with Crippen LogP contribution in [0.2, 0.25) is 0 Å². The van der Waals surface area contributed by atoms with Gasteiger partial charge in [0.15, 0.2) is 5.96 Å². The molecule has 1 atom stereocenters. The Labute approximate surface area is 193 Å². The largest absolute Gasteiger partial charge is 0.347 e. The number of halogens is 2. The molecule has 8 heteroatoms. The van der Waals surface area contributed by atoms with Crippen LogP contribution < -0.4 is 5.32 Å². The fourth-order valence-electron chi connectivity index (χ4n) is 3.36. The van der Waals surface area contributed by atoms with E-state index in [2.05, 4.69) is 55.3 Å². The fraction of sp³-hybridized carbons (Fsp3) is 0.500. The SMILES string of the molecule is CN(C)C(=O)CNC(=NCc1ccc(Br)cc1)N1CCC(N2CC=CC2)C1.I. The third-order valence-electron chi connectivity index (χ3n) is 5.05. The number of nitrogens with zero attached hydrogens (tertiary/aromatic N) is 4. The molecule has 154 valence electrons. The van der Waals surface area contributed by atoms with Gasteiger partial charge >= 0.3 is 0 Å². The Morgan fingerprint density at radius 1 is 1.25 bits per heavy atom. The van der Waals surface area contributed by atoms with Gasteiger partial charge in [0.25, 0.3) is 0 Å². The van der Waals surface area contributed by atoms with Gasteiger partial charge in [0, 0.05) is 50.8 Å². The zero-order valence-electron chi connectivity index (χ0n) is 16.5. The number of benzene rings is 1. The van der Waals surface area contributed by atoms with Crippen LogP contribution in [-0.4, -0.2) is 79.4 Å². The van der Waals surface area contributed by atoms with E-state index in [0.717, 1.165) is 48.6 Å². The summed E-state index contributed by atoms with van der Waals surface area (Å²) in [4.78, 5) is 23.2. The van der Waals surface area contributed by atoms with Crippen molar-refractivity contribution in [3.63, 3.8) is 0 Å². The molecule has 1 unspecified atom stereocenters. The van der Waals surface area contributed by atoms with E-state index < -0.39 is 0 Å². The lowest BCUT2D eigenvalue weighted by Crippen LogP contribution is -2.46. The number of carbonyl (C=O) groups excluding carboxylic acids is 1. The second-order valence-electron chi connectivity index (χ2n) is 7.22. The molecule has 2 aliphatic heterocycles. The van der Waals surface area contributed by atoms with Gasteiger partial charge in [-0.15, -0.1) is 24.0 Å². The van der Waals surface area contributed by atoms with Crippen molar-refractivity contribution in [2.45, 2.75) is 19.0 Å². The number of carbonyl (C=O) groups is 1. The number of likely N-dealkylation sites (N-methyl/N-ethyl adjacent to an activating group) is 1. The monoisotopic (exact) mass is 561 g/mol. The highest BCUT2D eigenvalue weighted by Gasteiger charge is 2.29. The number of guanidine groups is 1. The number of aliphatic imine (C=N–C) groups is 1. The summed E-state index contributed by atoms with van der Waals surface area (Å²) in [5.41, 5.74) is 1.15. The molecule has 0 spiro atoms. The van der Waals surface area contributed by atoms with Crippen LogP contribution in [0.4, 0.5) is 0 Å². The number of rotatable bonds is 5. The maximum absolute atomic E-state index is 12.0. The van der Waals surface area contributed by atoms with E-state index in [0.29, 0.717) is 12.6 Å². The molecule has 0 radical (unpaired) electrons. The summed E-state index contributed by atoms with van der Waals surface area (Å²) < 4.78 is 1.06. The minimum absolute atomic E-state index is 0. The summed E-state index contributed by atoms with van der Waals surface area (Å²) in [5, 5.41) is 3.28. The first-order chi connectivity index (χ1) is 13.0. The van der Waals surface area contributed by atoms with Crippen molar-refractivity contribution in [2.24, 2.45) is 4.99 Å². The highest BCUT2D eigenvalue weighted by Crippen LogP contribution is 2.18. The summed E-state index contributed by atoms with van der Waals surface area (Å²) in [7, 11) is 3.55. The molecule has 0 saturated carbocycles. The summed E-state index contributed by atoms with van der Waals surface area (Å²) in [5.74, 6) is 0.869. The Balaban J connectivity index is 0.00000280. The normalized spacial score (nSPS) is 19.6. The lowest BCUT2D eigenvalue weighted by Gasteiger charge is -2.26. The second-order valence-corrected chi connectivity index (χ2v) is 8.14.